The van der Waals surface area contributed by atoms with Crippen LogP contribution in [-0.2, 0) is 4.79 Å². The highest BCUT2D eigenvalue weighted by Gasteiger charge is 2.03. The van der Waals surface area contributed by atoms with Crippen molar-refractivity contribution in [3.8, 4) is 0 Å². The van der Waals surface area contributed by atoms with E-state index in [0.717, 1.165) is 20.9 Å². The van der Waals surface area contributed by atoms with E-state index in [1.807, 2.05) is 36.4 Å². The molecule has 0 bridgehead atoms. The number of aliphatic hydroxyl groups is 1. The lowest BCUT2D eigenvalue weighted by atomic mass is 10.1. The van der Waals surface area contributed by atoms with Gasteiger partial charge in [0.2, 0.25) is 5.91 Å². The average molecular weight is 322 g/mol. The van der Waals surface area contributed by atoms with Gasteiger partial charge in [0.25, 0.3) is 0 Å². The molecule has 0 heterocycles. The van der Waals surface area contributed by atoms with Crippen molar-refractivity contribution in [2.75, 3.05) is 11.9 Å². The maximum absolute atomic E-state index is 11.7. The molecule has 4 heteroatoms. The van der Waals surface area contributed by atoms with Gasteiger partial charge in [-0.2, -0.15) is 0 Å². The minimum Gasteiger partial charge on any atom is -0.396 e. The van der Waals surface area contributed by atoms with Gasteiger partial charge in [-0.1, -0.05) is 28.1 Å². The van der Waals surface area contributed by atoms with Crippen LogP contribution in [0.15, 0.2) is 40.9 Å². The molecule has 3 nitrogen and oxygen atoms in total. The predicted molar refractivity (Wildman–Crippen MR) is 81.2 cm³/mol. The maximum Gasteiger partial charge on any atom is 0.224 e. The quantitative estimate of drug-likeness (QED) is 0.825. The van der Waals surface area contributed by atoms with E-state index in [1.165, 1.54) is 0 Å². The molecule has 0 unspecified atom stereocenters. The van der Waals surface area contributed by atoms with Crippen LogP contribution in [0.4, 0.5) is 5.69 Å². The number of carbonyl (C=O) groups is 1. The molecular weight excluding hydrogens is 306 g/mol. The molecule has 2 N–H and O–H groups in total. The van der Waals surface area contributed by atoms with E-state index in [1.54, 1.807) is 0 Å². The van der Waals surface area contributed by atoms with Crippen molar-refractivity contribution in [1.82, 2.24) is 0 Å². The lowest BCUT2D eigenvalue weighted by Crippen LogP contribution is -2.11. The van der Waals surface area contributed by atoms with E-state index in [2.05, 4.69) is 21.2 Å². The number of benzene rings is 2. The van der Waals surface area contributed by atoms with E-state index >= 15 is 0 Å². The number of rotatable bonds is 5. The van der Waals surface area contributed by atoms with Crippen LogP contribution in [0.25, 0.3) is 10.8 Å². The molecule has 19 heavy (non-hydrogen) atoms. The Bertz CT molecular complexity index is 583. The van der Waals surface area contributed by atoms with Crippen molar-refractivity contribution in [2.24, 2.45) is 0 Å². The zero-order chi connectivity index (χ0) is 13.7. The molecule has 0 fully saturated rings. The van der Waals surface area contributed by atoms with Crippen molar-refractivity contribution in [1.29, 1.82) is 0 Å². The predicted octanol–water partition coefficient (Wildman–Crippen LogP) is 3.70. The maximum atomic E-state index is 11.7. The molecule has 2 aromatic carbocycles. The molecule has 0 aliphatic rings. The number of unbranched alkanes of at least 4 members (excludes halogenated alkanes) is 1. The number of carbonyl (C=O) groups excluding carboxylic acids is 1. The molecular formula is C15H16BrNO2. The van der Waals surface area contributed by atoms with E-state index in [-0.39, 0.29) is 12.5 Å². The summed E-state index contributed by atoms with van der Waals surface area (Å²) < 4.78 is 1.04. The highest BCUT2D eigenvalue weighted by atomic mass is 79.9. The Morgan fingerprint density at radius 1 is 1.11 bits per heavy atom. The molecule has 0 atom stereocenters. The summed E-state index contributed by atoms with van der Waals surface area (Å²) in [6.07, 6.45) is 1.82. The lowest BCUT2D eigenvalue weighted by molar-refractivity contribution is -0.116. The monoisotopic (exact) mass is 321 g/mol. The third-order valence-corrected chi connectivity index (χ3v) is 3.39. The SMILES string of the molecule is O=C(CCCCO)Nc1ccc2cc(Br)ccc2c1. The van der Waals surface area contributed by atoms with Gasteiger partial charge in [-0.05, 0) is 47.9 Å². The normalized spacial score (nSPS) is 10.6. The smallest absolute Gasteiger partial charge is 0.224 e. The molecule has 2 rings (SSSR count). The highest BCUT2D eigenvalue weighted by Crippen LogP contribution is 2.23. The summed E-state index contributed by atoms with van der Waals surface area (Å²) in [6, 6.07) is 11.9. The Labute approximate surface area is 120 Å². The summed E-state index contributed by atoms with van der Waals surface area (Å²) >= 11 is 3.44. The van der Waals surface area contributed by atoms with Crippen LogP contribution in [0.1, 0.15) is 19.3 Å². The van der Waals surface area contributed by atoms with Crippen LogP contribution in [-0.4, -0.2) is 17.6 Å². The molecule has 0 radical (unpaired) electrons. The minimum atomic E-state index is -0.00934. The summed E-state index contributed by atoms with van der Waals surface area (Å²) in [7, 11) is 0. The molecule has 0 aromatic heterocycles. The first-order chi connectivity index (χ1) is 9.19. The molecule has 0 aliphatic heterocycles. The van der Waals surface area contributed by atoms with Crippen molar-refractivity contribution in [2.45, 2.75) is 19.3 Å². The van der Waals surface area contributed by atoms with Crippen molar-refractivity contribution >= 4 is 38.3 Å². The molecule has 1 amide bonds. The number of nitrogens with one attached hydrogen (secondary N) is 1. The summed E-state index contributed by atoms with van der Waals surface area (Å²) in [6.45, 7) is 0.137. The van der Waals surface area contributed by atoms with Gasteiger partial charge in [0.05, 0.1) is 0 Å². The number of aliphatic hydroxyl groups excluding tert-OH is 1. The fourth-order valence-electron chi connectivity index (χ4n) is 1.92. The van der Waals surface area contributed by atoms with E-state index < -0.39 is 0 Å². The number of amides is 1. The summed E-state index contributed by atoms with van der Waals surface area (Å²) in [5.74, 6) is -0.00934. The van der Waals surface area contributed by atoms with Crippen molar-refractivity contribution in [3.05, 3.63) is 40.9 Å². The Balaban J connectivity index is 2.05. The number of halogens is 1. The highest BCUT2D eigenvalue weighted by molar-refractivity contribution is 9.10. The second-order valence-electron chi connectivity index (χ2n) is 4.44. The fourth-order valence-corrected chi connectivity index (χ4v) is 2.29. The number of hydrogen-bond donors (Lipinski definition) is 2. The van der Waals surface area contributed by atoms with Gasteiger partial charge < -0.3 is 10.4 Å². The van der Waals surface area contributed by atoms with Crippen LogP contribution in [0.2, 0.25) is 0 Å². The van der Waals surface area contributed by atoms with Gasteiger partial charge in [0.1, 0.15) is 0 Å². The van der Waals surface area contributed by atoms with Crippen LogP contribution < -0.4 is 5.32 Å². The van der Waals surface area contributed by atoms with Crippen LogP contribution in [0, 0.1) is 0 Å². The first kappa shape index (κ1) is 14.0. The summed E-state index contributed by atoms with van der Waals surface area (Å²) in [4.78, 5) is 11.7. The third-order valence-electron chi connectivity index (χ3n) is 2.90. The van der Waals surface area contributed by atoms with Gasteiger partial charge in [-0.15, -0.1) is 0 Å². The second-order valence-corrected chi connectivity index (χ2v) is 5.35. The van der Waals surface area contributed by atoms with Gasteiger partial charge in [0.15, 0.2) is 0 Å². The van der Waals surface area contributed by atoms with Crippen molar-refractivity contribution in [3.63, 3.8) is 0 Å². The van der Waals surface area contributed by atoms with Crippen LogP contribution in [0.3, 0.4) is 0 Å². The number of hydrogen-bond acceptors (Lipinski definition) is 2. The summed E-state index contributed by atoms with van der Waals surface area (Å²) in [5.41, 5.74) is 0.809. The Kier molecular flexibility index (Phi) is 4.93. The zero-order valence-electron chi connectivity index (χ0n) is 10.5. The second kappa shape index (κ2) is 6.68. The third kappa shape index (κ3) is 4.04. The largest absolute Gasteiger partial charge is 0.396 e. The molecule has 2 aromatic rings. The fraction of sp³-hybridized carbons (Fsp3) is 0.267. The molecule has 0 saturated heterocycles. The number of anilines is 1. The Morgan fingerprint density at radius 2 is 1.84 bits per heavy atom. The molecule has 0 saturated carbocycles. The molecule has 100 valence electrons. The lowest BCUT2D eigenvalue weighted by Gasteiger charge is -2.06. The van der Waals surface area contributed by atoms with Gasteiger partial charge in [0, 0.05) is 23.2 Å². The van der Waals surface area contributed by atoms with Crippen molar-refractivity contribution < 1.29 is 9.90 Å². The van der Waals surface area contributed by atoms with Gasteiger partial charge in [-0.3, -0.25) is 4.79 Å². The molecule has 0 spiro atoms. The van der Waals surface area contributed by atoms with Crippen LogP contribution >= 0.6 is 15.9 Å². The summed E-state index contributed by atoms with van der Waals surface area (Å²) in [5, 5.41) is 13.8. The van der Waals surface area contributed by atoms with Crippen LogP contribution in [0.5, 0.6) is 0 Å². The first-order valence-electron chi connectivity index (χ1n) is 6.29. The van der Waals surface area contributed by atoms with Gasteiger partial charge in [-0.25, -0.2) is 0 Å². The Hall–Kier alpha value is -1.39. The topological polar surface area (TPSA) is 49.3 Å². The zero-order valence-corrected chi connectivity index (χ0v) is 12.1. The number of fused-ring (bicyclic) bond motifs is 1. The molecule has 0 aliphatic carbocycles. The van der Waals surface area contributed by atoms with E-state index in [4.69, 9.17) is 5.11 Å². The standard InChI is InChI=1S/C15H16BrNO2/c16-13-6-4-12-10-14(7-5-11(12)9-13)17-15(19)3-1-2-8-18/h4-7,9-10,18H,1-3,8H2,(H,17,19). The van der Waals surface area contributed by atoms with E-state index in [0.29, 0.717) is 19.3 Å². The minimum absolute atomic E-state index is 0.00934. The Morgan fingerprint density at radius 3 is 2.63 bits per heavy atom. The first-order valence-corrected chi connectivity index (χ1v) is 7.08. The average Bonchev–Trinajstić information content (AvgIpc) is 2.39. The van der Waals surface area contributed by atoms with Gasteiger partial charge >= 0.3 is 0 Å². The van der Waals surface area contributed by atoms with E-state index in [9.17, 15) is 4.79 Å².